The molecule has 1 aliphatic heterocycles. The zero-order valence-electron chi connectivity index (χ0n) is 16.6. The van der Waals surface area contributed by atoms with E-state index in [1.54, 1.807) is 0 Å². The van der Waals surface area contributed by atoms with Crippen molar-refractivity contribution >= 4 is 23.4 Å². The molecule has 6 heteroatoms. The molecule has 0 aromatic heterocycles. The standard InChI is InChI=1S/C22H32ClN3O2/c23-19-9-4-8-18(15-19)22(10-2-1-3-11-22)21(28)25-12-6-14-26-13-5-7-17(16-26)20(24)27/h4,8-9,15,17H,1-3,5-7,10-14,16H2,(H2,24,27)(H,25,28). The van der Waals surface area contributed by atoms with Crippen LogP contribution in [-0.2, 0) is 15.0 Å². The third-order valence-corrected chi connectivity index (χ3v) is 6.60. The molecular weight excluding hydrogens is 374 g/mol. The van der Waals surface area contributed by atoms with Gasteiger partial charge >= 0.3 is 0 Å². The lowest BCUT2D eigenvalue weighted by Crippen LogP contribution is -2.47. The van der Waals surface area contributed by atoms with Crippen LogP contribution in [0.25, 0.3) is 0 Å². The summed E-state index contributed by atoms with van der Waals surface area (Å²) < 4.78 is 0. The molecule has 1 saturated heterocycles. The van der Waals surface area contributed by atoms with Gasteiger partial charge in [-0.1, -0.05) is 43.0 Å². The molecule has 154 valence electrons. The zero-order valence-corrected chi connectivity index (χ0v) is 17.3. The first kappa shape index (κ1) is 21.1. The summed E-state index contributed by atoms with van der Waals surface area (Å²) in [5, 5.41) is 3.87. The Hall–Kier alpha value is -1.59. The molecular formula is C22H32ClN3O2. The highest BCUT2D eigenvalue weighted by molar-refractivity contribution is 6.30. The summed E-state index contributed by atoms with van der Waals surface area (Å²) in [5.41, 5.74) is 6.04. The van der Waals surface area contributed by atoms with E-state index in [0.717, 1.165) is 70.1 Å². The summed E-state index contributed by atoms with van der Waals surface area (Å²) in [6.07, 6.45) is 7.87. The number of nitrogens with two attached hydrogens (primary N) is 1. The van der Waals surface area contributed by atoms with Crippen LogP contribution >= 0.6 is 11.6 Å². The van der Waals surface area contributed by atoms with Crippen LogP contribution in [0, 0.1) is 5.92 Å². The number of rotatable bonds is 7. The van der Waals surface area contributed by atoms with E-state index >= 15 is 0 Å². The maximum Gasteiger partial charge on any atom is 0.230 e. The Morgan fingerprint density at radius 1 is 1.21 bits per heavy atom. The van der Waals surface area contributed by atoms with E-state index in [1.165, 1.54) is 6.42 Å². The van der Waals surface area contributed by atoms with E-state index in [0.29, 0.717) is 11.6 Å². The number of piperidine rings is 1. The lowest BCUT2D eigenvalue weighted by molar-refractivity contribution is -0.128. The molecule has 1 aromatic rings. The first-order valence-corrected chi connectivity index (χ1v) is 10.9. The smallest absolute Gasteiger partial charge is 0.230 e. The second kappa shape index (κ2) is 9.75. The molecule has 3 N–H and O–H groups in total. The Morgan fingerprint density at radius 2 is 2.00 bits per heavy atom. The van der Waals surface area contributed by atoms with Gasteiger partial charge in [0.25, 0.3) is 0 Å². The quantitative estimate of drug-likeness (QED) is 0.683. The molecule has 2 aliphatic rings. The Bertz CT molecular complexity index is 688. The van der Waals surface area contributed by atoms with Gasteiger partial charge in [-0.25, -0.2) is 0 Å². The van der Waals surface area contributed by atoms with Crippen molar-refractivity contribution in [1.29, 1.82) is 0 Å². The number of amides is 2. The number of carbonyl (C=O) groups excluding carboxylic acids is 2. The first-order chi connectivity index (χ1) is 13.5. The summed E-state index contributed by atoms with van der Waals surface area (Å²) in [7, 11) is 0. The number of likely N-dealkylation sites (tertiary alicyclic amines) is 1. The monoisotopic (exact) mass is 405 g/mol. The van der Waals surface area contributed by atoms with Gasteiger partial charge in [0, 0.05) is 18.1 Å². The normalized spacial score (nSPS) is 22.5. The van der Waals surface area contributed by atoms with Crippen LogP contribution in [0.5, 0.6) is 0 Å². The van der Waals surface area contributed by atoms with E-state index in [9.17, 15) is 9.59 Å². The molecule has 1 aliphatic carbocycles. The predicted octanol–water partition coefficient (Wildman–Crippen LogP) is 3.25. The number of benzene rings is 1. The van der Waals surface area contributed by atoms with E-state index in [1.807, 2.05) is 24.3 Å². The van der Waals surface area contributed by atoms with E-state index in [4.69, 9.17) is 17.3 Å². The third kappa shape index (κ3) is 5.06. The fourth-order valence-corrected chi connectivity index (χ4v) is 4.94. The predicted molar refractivity (Wildman–Crippen MR) is 112 cm³/mol. The number of carbonyl (C=O) groups is 2. The summed E-state index contributed by atoms with van der Waals surface area (Å²) in [6, 6.07) is 7.78. The topological polar surface area (TPSA) is 75.4 Å². The highest BCUT2D eigenvalue weighted by atomic mass is 35.5. The van der Waals surface area contributed by atoms with Crippen molar-refractivity contribution in [3.05, 3.63) is 34.9 Å². The van der Waals surface area contributed by atoms with Gasteiger partial charge < -0.3 is 16.0 Å². The fraction of sp³-hybridized carbons (Fsp3) is 0.636. The summed E-state index contributed by atoms with van der Waals surface area (Å²) in [4.78, 5) is 26.9. The number of nitrogens with one attached hydrogen (secondary N) is 1. The van der Waals surface area contributed by atoms with Crippen molar-refractivity contribution in [2.75, 3.05) is 26.2 Å². The van der Waals surface area contributed by atoms with Gasteiger partial charge in [-0.3, -0.25) is 9.59 Å². The van der Waals surface area contributed by atoms with Crippen LogP contribution in [0.2, 0.25) is 5.02 Å². The SMILES string of the molecule is NC(=O)C1CCCN(CCCNC(=O)C2(c3cccc(Cl)c3)CCCCC2)C1. The number of nitrogens with zero attached hydrogens (tertiary/aromatic N) is 1. The average Bonchev–Trinajstić information content (AvgIpc) is 2.71. The largest absolute Gasteiger partial charge is 0.369 e. The minimum Gasteiger partial charge on any atom is -0.369 e. The molecule has 1 saturated carbocycles. The molecule has 0 spiro atoms. The van der Waals surface area contributed by atoms with Crippen LogP contribution in [0.15, 0.2) is 24.3 Å². The second-order valence-electron chi connectivity index (χ2n) is 8.30. The minimum atomic E-state index is -0.453. The molecule has 1 aromatic carbocycles. The van der Waals surface area contributed by atoms with E-state index in [-0.39, 0.29) is 17.7 Å². The van der Waals surface area contributed by atoms with Crippen molar-refractivity contribution in [3.63, 3.8) is 0 Å². The van der Waals surface area contributed by atoms with E-state index < -0.39 is 5.41 Å². The molecule has 5 nitrogen and oxygen atoms in total. The van der Waals surface area contributed by atoms with Gasteiger partial charge in [0.15, 0.2) is 0 Å². The molecule has 28 heavy (non-hydrogen) atoms. The fourth-order valence-electron chi connectivity index (χ4n) is 4.75. The summed E-state index contributed by atoms with van der Waals surface area (Å²) >= 11 is 6.21. The van der Waals surface area contributed by atoms with Crippen molar-refractivity contribution in [3.8, 4) is 0 Å². The molecule has 0 radical (unpaired) electrons. The average molecular weight is 406 g/mol. The van der Waals surface area contributed by atoms with Crippen LogP contribution in [0.3, 0.4) is 0 Å². The second-order valence-corrected chi connectivity index (χ2v) is 8.74. The lowest BCUT2D eigenvalue weighted by atomic mass is 9.68. The van der Waals surface area contributed by atoms with Gasteiger partial charge in [-0.05, 0) is 62.9 Å². The van der Waals surface area contributed by atoms with Crippen molar-refractivity contribution in [2.24, 2.45) is 11.7 Å². The summed E-state index contributed by atoms with van der Waals surface area (Å²) in [5.74, 6) is -0.0985. The Kier molecular flexibility index (Phi) is 7.36. The molecule has 3 rings (SSSR count). The highest BCUT2D eigenvalue weighted by Crippen LogP contribution is 2.40. The molecule has 0 bridgehead atoms. The Labute approximate surface area is 173 Å². The molecule has 1 heterocycles. The van der Waals surface area contributed by atoms with Gasteiger partial charge in [0.05, 0.1) is 11.3 Å². The third-order valence-electron chi connectivity index (χ3n) is 6.36. The first-order valence-electron chi connectivity index (χ1n) is 10.6. The number of primary amides is 1. The van der Waals surface area contributed by atoms with Crippen molar-refractivity contribution < 1.29 is 9.59 Å². The van der Waals surface area contributed by atoms with E-state index in [2.05, 4.69) is 10.2 Å². The Morgan fingerprint density at radius 3 is 2.71 bits per heavy atom. The van der Waals surface area contributed by atoms with Crippen LogP contribution in [-0.4, -0.2) is 42.9 Å². The number of halogens is 1. The molecule has 2 fully saturated rings. The minimum absolute atomic E-state index is 0.0309. The van der Waals surface area contributed by atoms with Crippen LogP contribution in [0.4, 0.5) is 0 Å². The number of hydrogen-bond acceptors (Lipinski definition) is 3. The van der Waals surface area contributed by atoms with Crippen LogP contribution < -0.4 is 11.1 Å². The van der Waals surface area contributed by atoms with Crippen molar-refractivity contribution in [2.45, 2.75) is 56.8 Å². The van der Waals surface area contributed by atoms with Crippen molar-refractivity contribution in [1.82, 2.24) is 10.2 Å². The molecule has 1 unspecified atom stereocenters. The van der Waals surface area contributed by atoms with Gasteiger partial charge in [-0.2, -0.15) is 0 Å². The maximum atomic E-state index is 13.2. The van der Waals surface area contributed by atoms with Gasteiger partial charge in [-0.15, -0.1) is 0 Å². The lowest BCUT2D eigenvalue weighted by Gasteiger charge is -2.36. The van der Waals surface area contributed by atoms with Crippen LogP contribution in [0.1, 0.15) is 56.9 Å². The zero-order chi connectivity index (χ0) is 20.0. The number of hydrogen-bond donors (Lipinski definition) is 2. The summed E-state index contributed by atoms with van der Waals surface area (Å²) in [6.45, 7) is 3.28. The van der Waals surface area contributed by atoms with Gasteiger partial charge in [0.2, 0.25) is 11.8 Å². The maximum absolute atomic E-state index is 13.2. The highest BCUT2D eigenvalue weighted by Gasteiger charge is 2.41. The molecule has 2 amide bonds. The molecule has 1 atom stereocenters. The Balaban J connectivity index is 1.54. The van der Waals surface area contributed by atoms with Gasteiger partial charge in [0.1, 0.15) is 0 Å².